The summed E-state index contributed by atoms with van der Waals surface area (Å²) >= 11 is 0. The molecule has 0 saturated heterocycles. The summed E-state index contributed by atoms with van der Waals surface area (Å²) in [7, 11) is 0. The summed E-state index contributed by atoms with van der Waals surface area (Å²) < 4.78 is 48.6. The van der Waals surface area contributed by atoms with Gasteiger partial charge in [0, 0.05) is 18.7 Å². The molecule has 0 amide bonds. The van der Waals surface area contributed by atoms with Crippen LogP contribution in [0.3, 0.4) is 0 Å². The molecular weight excluding hydrogens is 415 g/mol. The lowest BCUT2D eigenvalue weighted by Crippen LogP contribution is -2.22. The summed E-state index contributed by atoms with van der Waals surface area (Å²) in [5.74, 6) is 0.582. The largest absolute Gasteiger partial charge is 0.492 e. The van der Waals surface area contributed by atoms with Gasteiger partial charge in [-0.05, 0) is 41.8 Å². The first-order chi connectivity index (χ1) is 15.5. The Kier molecular flexibility index (Phi) is 8.48. The number of aliphatic hydroxyl groups excluding tert-OH is 1. The molecule has 0 aromatic heterocycles. The molecule has 3 rings (SSSR count). The fraction of sp³-hybridized carbons (Fsp3) is 0.231. The molecule has 0 fully saturated rings. The average molecular weight is 441 g/mol. The monoisotopic (exact) mass is 441 g/mol. The van der Waals surface area contributed by atoms with Gasteiger partial charge in [-0.2, -0.15) is 13.2 Å². The van der Waals surface area contributed by atoms with Gasteiger partial charge in [0.15, 0.2) is 0 Å². The number of benzene rings is 3. The maximum atomic E-state index is 14.3. The smallest absolute Gasteiger partial charge is 0.417 e. The summed E-state index contributed by atoms with van der Waals surface area (Å²) in [4.78, 5) is 0. The van der Waals surface area contributed by atoms with E-state index in [9.17, 15) is 13.2 Å². The van der Waals surface area contributed by atoms with E-state index >= 15 is 0 Å². The molecule has 0 aliphatic rings. The third kappa shape index (κ3) is 6.45. The summed E-state index contributed by atoms with van der Waals surface area (Å²) in [5.41, 5.74) is 0.520. The molecule has 0 aliphatic heterocycles. The molecule has 0 bridgehead atoms. The molecule has 3 nitrogen and oxygen atoms in total. The van der Waals surface area contributed by atoms with Crippen molar-refractivity contribution in [2.75, 3.05) is 26.3 Å². The summed E-state index contributed by atoms with van der Waals surface area (Å²) in [6, 6.07) is 23.2. The Morgan fingerprint density at radius 3 is 1.88 bits per heavy atom. The molecule has 32 heavy (non-hydrogen) atoms. The van der Waals surface area contributed by atoms with Crippen LogP contribution in [-0.4, -0.2) is 37.6 Å². The molecule has 3 aromatic rings. The van der Waals surface area contributed by atoms with Gasteiger partial charge in [-0.25, -0.2) is 0 Å². The van der Waals surface area contributed by atoms with Crippen molar-refractivity contribution in [1.82, 2.24) is 5.32 Å². The van der Waals surface area contributed by atoms with E-state index in [1.807, 2.05) is 0 Å². The van der Waals surface area contributed by atoms with E-state index < -0.39 is 11.7 Å². The van der Waals surface area contributed by atoms with Crippen LogP contribution >= 0.6 is 0 Å². The zero-order chi connectivity index (χ0) is 22.8. The first kappa shape index (κ1) is 23.6. The molecule has 0 saturated carbocycles. The fourth-order valence-corrected chi connectivity index (χ4v) is 3.40. The number of aliphatic hydroxyl groups is 1. The van der Waals surface area contributed by atoms with E-state index in [-0.39, 0.29) is 17.7 Å². The highest BCUT2D eigenvalue weighted by molar-refractivity contribution is 6.00. The van der Waals surface area contributed by atoms with Gasteiger partial charge >= 0.3 is 6.18 Å². The minimum absolute atomic E-state index is 0.119. The molecule has 0 heterocycles. The van der Waals surface area contributed by atoms with Crippen LogP contribution in [0.4, 0.5) is 13.2 Å². The zero-order valence-corrected chi connectivity index (χ0v) is 17.6. The summed E-state index contributed by atoms with van der Waals surface area (Å²) in [6.07, 6.45) is -3.87. The first-order valence-corrected chi connectivity index (χ1v) is 10.5. The number of halogens is 3. The van der Waals surface area contributed by atoms with Gasteiger partial charge in [-0.15, -0.1) is 0 Å². The van der Waals surface area contributed by atoms with E-state index in [4.69, 9.17) is 9.84 Å². The summed E-state index contributed by atoms with van der Waals surface area (Å²) in [6.45, 7) is 1.87. The van der Waals surface area contributed by atoms with Gasteiger partial charge < -0.3 is 15.2 Å². The van der Waals surface area contributed by atoms with Crippen LogP contribution in [0.15, 0.2) is 84.9 Å². The average Bonchev–Trinajstić information content (AvgIpc) is 2.80. The number of ether oxygens (including phenoxy) is 1. The summed E-state index contributed by atoms with van der Waals surface area (Å²) in [5, 5.41) is 11.9. The van der Waals surface area contributed by atoms with Crippen LogP contribution in [0.25, 0.3) is 11.1 Å². The van der Waals surface area contributed by atoms with Crippen molar-refractivity contribution in [3.05, 3.63) is 102 Å². The molecule has 168 valence electrons. The van der Waals surface area contributed by atoms with Crippen LogP contribution in [0.2, 0.25) is 0 Å². The Morgan fingerprint density at radius 1 is 0.750 bits per heavy atom. The number of hydrogen-bond acceptors (Lipinski definition) is 3. The molecule has 0 radical (unpaired) electrons. The van der Waals surface area contributed by atoms with Gasteiger partial charge in [0.1, 0.15) is 12.4 Å². The van der Waals surface area contributed by atoms with Gasteiger partial charge in [0.25, 0.3) is 0 Å². The van der Waals surface area contributed by atoms with Gasteiger partial charge in [-0.3, -0.25) is 0 Å². The van der Waals surface area contributed by atoms with Crippen molar-refractivity contribution < 1.29 is 23.0 Å². The first-order valence-electron chi connectivity index (χ1n) is 10.5. The Bertz CT molecular complexity index is 985. The number of rotatable bonds is 10. The molecule has 0 atom stereocenters. The van der Waals surface area contributed by atoms with Crippen LogP contribution in [0.5, 0.6) is 5.75 Å². The van der Waals surface area contributed by atoms with E-state index in [0.717, 1.165) is 0 Å². The van der Waals surface area contributed by atoms with Crippen LogP contribution in [0, 0.1) is 0 Å². The molecule has 6 heteroatoms. The standard InChI is InChI=1S/C26H26F3NO2/c27-26(28,29)25(22-10-5-2-6-11-22)24(20-8-3-1-4-9-20)21-12-14-23(15-13-21)32-19-17-30-16-7-18-31/h1-6,8-15,30-31H,7,16-19H2. The Labute approximate surface area is 186 Å². The van der Waals surface area contributed by atoms with Crippen molar-refractivity contribution in [3.63, 3.8) is 0 Å². The van der Waals surface area contributed by atoms with Gasteiger partial charge in [0.2, 0.25) is 0 Å². The van der Waals surface area contributed by atoms with Crippen molar-refractivity contribution in [2.24, 2.45) is 0 Å². The van der Waals surface area contributed by atoms with Crippen molar-refractivity contribution in [3.8, 4) is 5.75 Å². The lowest BCUT2D eigenvalue weighted by Gasteiger charge is -2.20. The Hall–Kier alpha value is -3.09. The number of alkyl halides is 3. The lowest BCUT2D eigenvalue weighted by molar-refractivity contribution is -0.0685. The Balaban J connectivity index is 1.94. The van der Waals surface area contributed by atoms with Gasteiger partial charge in [-0.1, -0.05) is 72.8 Å². The van der Waals surface area contributed by atoms with E-state index in [0.29, 0.717) is 43.0 Å². The molecule has 2 N–H and O–H groups in total. The minimum atomic E-state index is -4.54. The topological polar surface area (TPSA) is 41.5 Å². The number of hydrogen-bond donors (Lipinski definition) is 2. The third-order valence-electron chi connectivity index (χ3n) is 4.86. The van der Waals surface area contributed by atoms with E-state index in [1.165, 1.54) is 12.1 Å². The maximum absolute atomic E-state index is 14.3. The SMILES string of the molecule is OCCCNCCOc1ccc(C(=C(c2ccccc2)C(F)(F)F)c2ccccc2)cc1. The molecular formula is C26H26F3NO2. The second-order valence-corrected chi connectivity index (χ2v) is 7.18. The van der Waals surface area contributed by atoms with Crippen molar-refractivity contribution >= 4 is 11.1 Å². The second kappa shape index (κ2) is 11.5. The van der Waals surface area contributed by atoms with Crippen molar-refractivity contribution in [1.29, 1.82) is 0 Å². The van der Waals surface area contributed by atoms with E-state index in [2.05, 4.69) is 5.32 Å². The minimum Gasteiger partial charge on any atom is -0.492 e. The maximum Gasteiger partial charge on any atom is 0.417 e. The zero-order valence-electron chi connectivity index (χ0n) is 17.6. The Morgan fingerprint density at radius 2 is 1.31 bits per heavy atom. The molecule has 0 unspecified atom stereocenters. The van der Waals surface area contributed by atoms with Gasteiger partial charge in [0.05, 0.1) is 5.57 Å². The van der Waals surface area contributed by atoms with Crippen molar-refractivity contribution in [2.45, 2.75) is 12.6 Å². The predicted molar refractivity (Wildman–Crippen MR) is 121 cm³/mol. The normalized spacial score (nSPS) is 12.4. The lowest BCUT2D eigenvalue weighted by atomic mass is 9.89. The molecule has 0 spiro atoms. The fourth-order valence-electron chi connectivity index (χ4n) is 3.40. The highest BCUT2D eigenvalue weighted by atomic mass is 19.4. The van der Waals surface area contributed by atoms with Crippen LogP contribution < -0.4 is 10.1 Å². The molecule has 0 aliphatic carbocycles. The number of allylic oxidation sites excluding steroid dienone is 1. The van der Waals surface area contributed by atoms with Crippen LogP contribution in [-0.2, 0) is 0 Å². The quantitative estimate of drug-likeness (QED) is 0.320. The molecule has 3 aromatic carbocycles. The number of nitrogens with one attached hydrogen (secondary N) is 1. The van der Waals surface area contributed by atoms with E-state index in [1.54, 1.807) is 72.8 Å². The van der Waals surface area contributed by atoms with Crippen LogP contribution in [0.1, 0.15) is 23.1 Å². The third-order valence-corrected chi connectivity index (χ3v) is 4.86. The second-order valence-electron chi connectivity index (χ2n) is 7.18. The highest BCUT2D eigenvalue weighted by Crippen LogP contribution is 2.42. The predicted octanol–water partition coefficient (Wildman–Crippen LogP) is 5.56. The highest BCUT2D eigenvalue weighted by Gasteiger charge is 2.38.